The Kier molecular flexibility index (Phi) is 7.19. The third kappa shape index (κ3) is 5.49. The van der Waals surface area contributed by atoms with Crippen molar-refractivity contribution in [3.8, 4) is 5.75 Å². The molecule has 4 rings (SSSR count). The van der Waals surface area contributed by atoms with E-state index < -0.39 is 0 Å². The van der Waals surface area contributed by atoms with Crippen LogP contribution in [0.4, 0.5) is 5.82 Å². The smallest absolute Gasteiger partial charge is 0.272 e. The van der Waals surface area contributed by atoms with Crippen molar-refractivity contribution in [2.75, 3.05) is 18.5 Å². The number of aliphatic hydroxyl groups is 1. The van der Waals surface area contributed by atoms with Gasteiger partial charge in [-0.25, -0.2) is 4.98 Å². The number of amides is 1. The normalized spacial score (nSPS) is 15.5. The number of carbonyl (C=O) groups excluding carboxylic acids is 1. The molecule has 0 saturated carbocycles. The van der Waals surface area contributed by atoms with Gasteiger partial charge in [0.05, 0.1) is 18.3 Å². The second kappa shape index (κ2) is 10.4. The van der Waals surface area contributed by atoms with Crippen LogP contribution in [-0.4, -0.2) is 45.1 Å². The molecule has 1 aliphatic rings. The van der Waals surface area contributed by atoms with Gasteiger partial charge < -0.3 is 20.1 Å². The SMILES string of the molecule is Cc1cc(CNc2cccc(C(=O)N3CCCC3CO)n2)cc(C)c1OCc1ccccn1. The van der Waals surface area contributed by atoms with Crippen molar-refractivity contribution in [2.24, 2.45) is 0 Å². The summed E-state index contributed by atoms with van der Waals surface area (Å²) in [6.07, 6.45) is 3.51. The molecule has 0 spiro atoms. The van der Waals surface area contributed by atoms with Crippen LogP contribution in [0.5, 0.6) is 5.75 Å². The lowest BCUT2D eigenvalue weighted by Gasteiger charge is -2.22. The molecule has 3 heterocycles. The monoisotopic (exact) mass is 446 g/mol. The first-order valence-electron chi connectivity index (χ1n) is 11.3. The van der Waals surface area contributed by atoms with Crippen LogP contribution in [0.15, 0.2) is 54.7 Å². The number of nitrogens with one attached hydrogen (secondary N) is 1. The molecule has 3 aromatic rings. The van der Waals surface area contributed by atoms with Crippen molar-refractivity contribution in [1.29, 1.82) is 0 Å². The van der Waals surface area contributed by atoms with Gasteiger partial charge in [0.15, 0.2) is 0 Å². The van der Waals surface area contributed by atoms with Gasteiger partial charge in [0.2, 0.25) is 0 Å². The highest BCUT2D eigenvalue weighted by atomic mass is 16.5. The Labute approximate surface area is 194 Å². The number of anilines is 1. The second-order valence-corrected chi connectivity index (χ2v) is 8.41. The Bertz CT molecular complexity index is 1080. The minimum Gasteiger partial charge on any atom is -0.487 e. The minimum absolute atomic E-state index is 0.00997. The summed E-state index contributed by atoms with van der Waals surface area (Å²) in [7, 11) is 0. The Hall–Kier alpha value is -3.45. The standard InChI is InChI=1S/C26H30N4O3/c1-18-13-20(14-19(2)25(18)33-17-21-7-3-4-11-27-21)15-28-24-10-5-9-23(29-24)26(32)30-12-6-8-22(30)16-31/h3-5,7,9-11,13-14,22,31H,6,8,12,15-17H2,1-2H3,(H,28,29). The minimum atomic E-state index is -0.128. The van der Waals surface area contributed by atoms with Gasteiger partial charge in [-0.3, -0.25) is 9.78 Å². The molecule has 0 bridgehead atoms. The maximum absolute atomic E-state index is 12.8. The highest BCUT2D eigenvalue weighted by Crippen LogP contribution is 2.26. The fourth-order valence-electron chi connectivity index (χ4n) is 4.28. The van der Waals surface area contributed by atoms with E-state index in [0.29, 0.717) is 31.2 Å². The first-order chi connectivity index (χ1) is 16.0. The van der Waals surface area contributed by atoms with Gasteiger partial charge in [-0.2, -0.15) is 0 Å². The predicted octanol–water partition coefficient (Wildman–Crippen LogP) is 3.88. The van der Waals surface area contributed by atoms with E-state index >= 15 is 0 Å². The summed E-state index contributed by atoms with van der Waals surface area (Å²) in [5, 5.41) is 12.8. The molecule has 1 amide bonds. The zero-order valence-electron chi connectivity index (χ0n) is 19.1. The number of rotatable bonds is 8. The number of hydrogen-bond acceptors (Lipinski definition) is 6. The second-order valence-electron chi connectivity index (χ2n) is 8.41. The third-order valence-corrected chi connectivity index (χ3v) is 5.90. The molecule has 1 atom stereocenters. The van der Waals surface area contributed by atoms with Crippen molar-refractivity contribution in [1.82, 2.24) is 14.9 Å². The van der Waals surface area contributed by atoms with Crippen LogP contribution in [0, 0.1) is 13.8 Å². The van der Waals surface area contributed by atoms with E-state index in [1.54, 1.807) is 17.2 Å². The highest BCUT2D eigenvalue weighted by molar-refractivity contribution is 5.93. The zero-order valence-corrected chi connectivity index (χ0v) is 19.1. The van der Waals surface area contributed by atoms with Crippen LogP contribution >= 0.6 is 0 Å². The number of pyridine rings is 2. The number of ether oxygens (including phenoxy) is 1. The molecule has 7 heteroatoms. The van der Waals surface area contributed by atoms with E-state index in [1.165, 1.54) is 0 Å². The van der Waals surface area contributed by atoms with E-state index in [1.807, 2.05) is 44.2 Å². The topological polar surface area (TPSA) is 87.6 Å². The summed E-state index contributed by atoms with van der Waals surface area (Å²) < 4.78 is 6.02. The van der Waals surface area contributed by atoms with Crippen LogP contribution in [0.3, 0.4) is 0 Å². The average Bonchev–Trinajstić information content (AvgIpc) is 3.31. The number of likely N-dealkylation sites (tertiary alicyclic amines) is 1. The number of carbonyl (C=O) groups is 1. The molecule has 1 aromatic carbocycles. The summed E-state index contributed by atoms with van der Waals surface area (Å²) in [5.74, 6) is 1.39. The van der Waals surface area contributed by atoms with Gasteiger partial charge in [-0.05, 0) is 67.6 Å². The number of hydrogen-bond donors (Lipinski definition) is 2. The Morgan fingerprint density at radius 1 is 1.18 bits per heavy atom. The maximum atomic E-state index is 12.8. The molecule has 0 aliphatic carbocycles. The molecule has 7 nitrogen and oxygen atoms in total. The fourth-order valence-corrected chi connectivity index (χ4v) is 4.28. The molecule has 1 fully saturated rings. The number of benzene rings is 1. The summed E-state index contributed by atoms with van der Waals surface area (Å²) in [4.78, 5) is 23.4. The van der Waals surface area contributed by atoms with Gasteiger partial charge in [0.1, 0.15) is 23.9 Å². The van der Waals surface area contributed by atoms with Crippen LogP contribution in [0.25, 0.3) is 0 Å². The van der Waals surface area contributed by atoms with E-state index in [4.69, 9.17) is 4.74 Å². The van der Waals surface area contributed by atoms with Crippen molar-refractivity contribution >= 4 is 11.7 Å². The van der Waals surface area contributed by atoms with Gasteiger partial charge in [-0.1, -0.05) is 24.3 Å². The zero-order chi connectivity index (χ0) is 23.2. The van der Waals surface area contributed by atoms with Gasteiger partial charge in [0, 0.05) is 19.3 Å². The van der Waals surface area contributed by atoms with E-state index in [0.717, 1.165) is 41.0 Å². The number of aryl methyl sites for hydroxylation is 2. The van der Waals surface area contributed by atoms with Crippen molar-refractivity contribution in [3.05, 3.63) is 82.8 Å². The molecular weight excluding hydrogens is 416 g/mol. The van der Waals surface area contributed by atoms with Crippen LogP contribution in [-0.2, 0) is 13.2 Å². The molecule has 172 valence electrons. The van der Waals surface area contributed by atoms with Crippen LogP contribution in [0.1, 0.15) is 45.7 Å². The quantitative estimate of drug-likeness (QED) is 0.546. The van der Waals surface area contributed by atoms with E-state index in [-0.39, 0.29) is 18.6 Å². The Morgan fingerprint density at radius 2 is 2.00 bits per heavy atom. The molecule has 0 radical (unpaired) electrons. The summed E-state index contributed by atoms with van der Waals surface area (Å²) in [6.45, 7) is 5.74. The molecule has 2 aromatic heterocycles. The highest BCUT2D eigenvalue weighted by Gasteiger charge is 2.29. The summed E-state index contributed by atoms with van der Waals surface area (Å²) >= 11 is 0. The lowest BCUT2D eigenvalue weighted by Crippen LogP contribution is -2.38. The third-order valence-electron chi connectivity index (χ3n) is 5.90. The first-order valence-corrected chi connectivity index (χ1v) is 11.3. The van der Waals surface area contributed by atoms with Crippen molar-refractivity contribution in [3.63, 3.8) is 0 Å². The average molecular weight is 447 g/mol. The lowest BCUT2D eigenvalue weighted by atomic mass is 10.1. The molecule has 1 aliphatic heterocycles. The maximum Gasteiger partial charge on any atom is 0.272 e. The van der Waals surface area contributed by atoms with Crippen LogP contribution in [0.2, 0.25) is 0 Å². The number of aliphatic hydroxyl groups excluding tert-OH is 1. The fraction of sp³-hybridized carbons (Fsp3) is 0.346. The number of nitrogens with zero attached hydrogens (tertiary/aromatic N) is 3. The van der Waals surface area contributed by atoms with Crippen LogP contribution < -0.4 is 10.1 Å². The Balaban J connectivity index is 1.40. The molecule has 1 saturated heterocycles. The van der Waals surface area contributed by atoms with Gasteiger partial charge in [-0.15, -0.1) is 0 Å². The predicted molar refractivity (Wildman–Crippen MR) is 127 cm³/mol. The largest absolute Gasteiger partial charge is 0.487 e. The van der Waals surface area contributed by atoms with Crippen molar-refractivity contribution in [2.45, 2.75) is 45.9 Å². The summed E-state index contributed by atoms with van der Waals surface area (Å²) in [5.41, 5.74) is 4.51. The molecule has 1 unspecified atom stereocenters. The van der Waals surface area contributed by atoms with Gasteiger partial charge in [0.25, 0.3) is 5.91 Å². The molecule has 2 N–H and O–H groups in total. The van der Waals surface area contributed by atoms with Crippen molar-refractivity contribution < 1.29 is 14.6 Å². The number of aromatic nitrogens is 2. The van der Waals surface area contributed by atoms with E-state index in [9.17, 15) is 9.90 Å². The Morgan fingerprint density at radius 3 is 2.73 bits per heavy atom. The van der Waals surface area contributed by atoms with Gasteiger partial charge >= 0.3 is 0 Å². The molecule has 33 heavy (non-hydrogen) atoms. The lowest BCUT2D eigenvalue weighted by molar-refractivity contribution is 0.0672. The summed E-state index contributed by atoms with van der Waals surface area (Å²) in [6, 6.07) is 15.3. The first kappa shape index (κ1) is 22.7. The van der Waals surface area contributed by atoms with E-state index in [2.05, 4.69) is 27.4 Å². The molecular formula is C26H30N4O3.